The van der Waals surface area contributed by atoms with Gasteiger partial charge in [0, 0.05) is 10.4 Å². The van der Waals surface area contributed by atoms with E-state index < -0.39 is 0 Å². The fourth-order valence-corrected chi connectivity index (χ4v) is 5.56. The van der Waals surface area contributed by atoms with Crippen LogP contribution in [0.3, 0.4) is 0 Å². The van der Waals surface area contributed by atoms with Crippen LogP contribution in [0, 0.1) is 23.2 Å². The summed E-state index contributed by atoms with van der Waals surface area (Å²) in [5.41, 5.74) is 0.907. The Labute approximate surface area is 131 Å². The van der Waals surface area contributed by atoms with Gasteiger partial charge in [0.15, 0.2) is 5.78 Å². The summed E-state index contributed by atoms with van der Waals surface area (Å²) in [5, 5.41) is 0.715. The van der Waals surface area contributed by atoms with Gasteiger partial charge in [0.05, 0.1) is 0 Å². The minimum atomic E-state index is -0.0352. The maximum atomic E-state index is 12.9. The molecule has 4 saturated carbocycles. The number of hydrogen-bond donors (Lipinski definition) is 0. The van der Waals surface area contributed by atoms with E-state index in [1.54, 1.807) is 6.08 Å². The van der Waals surface area contributed by atoms with Gasteiger partial charge >= 0.3 is 0 Å². The second-order valence-corrected chi connectivity index (χ2v) is 7.82. The number of ketones is 1. The largest absolute Gasteiger partial charge is 0.294 e. The summed E-state index contributed by atoms with van der Waals surface area (Å²) in [7, 11) is 0. The zero-order valence-electron chi connectivity index (χ0n) is 12.2. The molecule has 21 heavy (non-hydrogen) atoms. The van der Waals surface area contributed by atoms with Gasteiger partial charge in [-0.25, -0.2) is 0 Å². The fraction of sp³-hybridized carbons (Fsp3) is 0.526. The molecule has 0 radical (unpaired) electrons. The van der Waals surface area contributed by atoms with E-state index in [0.717, 1.165) is 42.6 Å². The molecule has 0 atom stereocenters. The smallest absolute Gasteiger partial charge is 0.161 e. The van der Waals surface area contributed by atoms with Gasteiger partial charge < -0.3 is 0 Å². The van der Waals surface area contributed by atoms with Gasteiger partial charge in [-0.3, -0.25) is 4.79 Å². The molecule has 0 aliphatic heterocycles. The normalized spacial score (nSPS) is 37.3. The van der Waals surface area contributed by atoms with Crippen LogP contribution in [0.5, 0.6) is 0 Å². The molecule has 0 saturated heterocycles. The Bertz CT molecular complexity index is 566. The van der Waals surface area contributed by atoms with Crippen molar-refractivity contribution >= 4 is 23.5 Å². The molecule has 0 heterocycles. The Balaban J connectivity index is 1.56. The van der Waals surface area contributed by atoms with Crippen molar-refractivity contribution in [3.8, 4) is 0 Å². The zero-order valence-corrected chi connectivity index (χ0v) is 13.0. The molecule has 2 heteroatoms. The second kappa shape index (κ2) is 4.98. The molecule has 0 spiro atoms. The Morgan fingerprint density at radius 2 is 1.62 bits per heavy atom. The summed E-state index contributed by atoms with van der Waals surface area (Å²) >= 11 is 6.16. The Hall–Kier alpha value is -1.08. The SMILES string of the molecule is O=C(/C=C/c1ccccc1Cl)C12CC3CC(CC(C3)C1)C2. The van der Waals surface area contributed by atoms with Crippen LogP contribution in [-0.2, 0) is 4.79 Å². The van der Waals surface area contributed by atoms with Gasteiger partial charge in [-0.15, -0.1) is 0 Å². The molecule has 0 amide bonds. The molecular formula is C19H21ClO. The van der Waals surface area contributed by atoms with Crippen molar-refractivity contribution in [1.82, 2.24) is 0 Å². The molecule has 5 rings (SSSR count). The van der Waals surface area contributed by atoms with Crippen molar-refractivity contribution in [2.75, 3.05) is 0 Å². The lowest BCUT2D eigenvalue weighted by Crippen LogP contribution is -2.49. The third-order valence-electron chi connectivity index (χ3n) is 5.88. The summed E-state index contributed by atoms with van der Waals surface area (Å²) in [6, 6.07) is 7.71. The maximum Gasteiger partial charge on any atom is 0.161 e. The quantitative estimate of drug-likeness (QED) is 0.707. The first-order chi connectivity index (χ1) is 10.1. The van der Waals surface area contributed by atoms with Crippen LogP contribution in [0.15, 0.2) is 30.3 Å². The van der Waals surface area contributed by atoms with Crippen LogP contribution >= 0.6 is 11.6 Å². The van der Waals surface area contributed by atoms with Crippen molar-refractivity contribution < 1.29 is 4.79 Å². The number of benzene rings is 1. The van der Waals surface area contributed by atoms with Crippen LogP contribution in [-0.4, -0.2) is 5.78 Å². The van der Waals surface area contributed by atoms with Crippen molar-refractivity contribution in [1.29, 1.82) is 0 Å². The van der Waals surface area contributed by atoms with E-state index in [2.05, 4.69) is 0 Å². The summed E-state index contributed by atoms with van der Waals surface area (Å²) in [4.78, 5) is 12.9. The molecule has 0 unspecified atom stereocenters. The number of allylic oxidation sites excluding steroid dienone is 1. The molecule has 0 aromatic heterocycles. The Morgan fingerprint density at radius 1 is 1.05 bits per heavy atom. The van der Waals surface area contributed by atoms with Crippen molar-refractivity contribution in [2.45, 2.75) is 38.5 Å². The average molecular weight is 301 g/mol. The molecule has 4 aliphatic rings. The highest BCUT2D eigenvalue weighted by atomic mass is 35.5. The van der Waals surface area contributed by atoms with E-state index in [9.17, 15) is 4.79 Å². The highest BCUT2D eigenvalue weighted by molar-refractivity contribution is 6.32. The molecule has 0 N–H and O–H groups in total. The number of hydrogen-bond acceptors (Lipinski definition) is 1. The third kappa shape index (κ3) is 2.36. The predicted molar refractivity (Wildman–Crippen MR) is 86.1 cm³/mol. The number of rotatable bonds is 3. The van der Waals surface area contributed by atoms with Gasteiger partial charge in [-0.2, -0.15) is 0 Å². The number of carbonyl (C=O) groups is 1. The molecule has 1 aromatic rings. The summed E-state index contributed by atoms with van der Waals surface area (Å²) < 4.78 is 0. The molecule has 1 nitrogen and oxygen atoms in total. The lowest BCUT2D eigenvalue weighted by atomic mass is 9.48. The van der Waals surface area contributed by atoms with Gasteiger partial charge in [0.25, 0.3) is 0 Å². The van der Waals surface area contributed by atoms with Crippen molar-refractivity contribution in [3.05, 3.63) is 40.9 Å². The van der Waals surface area contributed by atoms with Gasteiger partial charge in [-0.05, 0) is 80.1 Å². The summed E-state index contributed by atoms with van der Waals surface area (Å²) in [5.74, 6) is 2.79. The monoisotopic (exact) mass is 300 g/mol. The topological polar surface area (TPSA) is 17.1 Å². The molecule has 4 aliphatic carbocycles. The van der Waals surface area contributed by atoms with Crippen LogP contribution < -0.4 is 0 Å². The first-order valence-electron chi connectivity index (χ1n) is 8.12. The maximum absolute atomic E-state index is 12.9. The first kappa shape index (κ1) is 13.6. The van der Waals surface area contributed by atoms with Gasteiger partial charge in [0.2, 0.25) is 0 Å². The number of halogens is 1. The first-order valence-corrected chi connectivity index (χ1v) is 8.49. The van der Waals surface area contributed by atoms with E-state index >= 15 is 0 Å². The Kier molecular flexibility index (Phi) is 3.22. The zero-order chi connectivity index (χ0) is 14.4. The summed E-state index contributed by atoms with van der Waals surface area (Å²) in [6.07, 6.45) is 11.2. The fourth-order valence-electron chi connectivity index (χ4n) is 5.36. The summed E-state index contributed by atoms with van der Waals surface area (Å²) in [6.45, 7) is 0. The minimum absolute atomic E-state index is 0.0352. The van der Waals surface area contributed by atoms with Gasteiger partial charge in [-0.1, -0.05) is 29.8 Å². The third-order valence-corrected chi connectivity index (χ3v) is 6.22. The van der Waals surface area contributed by atoms with E-state index in [4.69, 9.17) is 11.6 Å². The van der Waals surface area contributed by atoms with Crippen LogP contribution in [0.25, 0.3) is 6.08 Å². The van der Waals surface area contributed by atoms with E-state index in [-0.39, 0.29) is 5.41 Å². The van der Waals surface area contributed by atoms with Crippen molar-refractivity contribution in [2.24, 2.45) is 23.2 Å². The van der Waals surface area contributed by atoms with E-state index in [1.165, 1.54) is 19.3 Å². The Morgan fingerprint density at radius 3 is 2.19 bits per heavy atom. The van der Waals surface area contributed by atoms with E-state index in [1.807, 2.05) is 30.3 Å². The van der Waals surface area contributed by atoms with E-state index in [0.29, 0.717) is 10.8 Å². The molecule has 1 aromatic carbocycles. The predicted octanol–water partition coefficient (Wildman–Crippen LogP) is 5.14. The number of carbonyl (C=O) groups excluding carboxylic acids is 1. The lowest BCUT2D eigenvalue weighted by molar-refractivity contribution is -0.138. The lowest BCUT2D eigenvalue weighted by Gasteiger charge is -2.55. The standard InChI is InChI=1S/C19H21ClO/c20-17-4-2-1-3-16(17)5-6-18(21)19-10-13-7-14(11-19)9-15(8-13)12-19/h1-6,13-15H,7-12H2/b6-5+. The molecular weight excluding hydrogens is 280 g/mol. The minimum Gasteiger partial charge on any atom is -0.294 e. The molecule has 4 bridgehead atoms. The van der Waals surface area contributed by atoms with Crippen LogP contribution in [0.1, 0.15) is 44.1 Å². The van der Waals surface area contributed by atoms with Crippen LogP contribution in [0.4, 0.5) is 0 Å². The van der Waals surface area contributed by atoms with Crippen LogP contribution in [0.2, 0.25) is 5.02 Å². The molecule has 4 fully saturated rings. The highest BCUT2D eigenvalue weighted by Crippen LogP contribution is 2.60. The van der Waals surface area contributed by atoms with Crippen molar-refractivity contribution in [3.63, 3.8) is 0 Å². The molecule has 110 valence electrons. The van der Waals surface area contributed by atoms with Gasteiger partial charge in [0.1, 0.15) is 0 Å². The highest BCUT2D eigenvalue weighted by Gasteiger charge is 2.53. The average Bonchev–Trinajstić information content (AvgIpc) is 2.44. The second-order valence-electron chi connectivity index (χ2n) is 7.42.